The van der Waals surface area contributed by atoms with E-state index in [0.29, 0.717) is 0 Å². The summed E-state index contributed by atoms with van der Waals surface area (Å²) < 4.78 is 2.92. The highest BCUT2D eigenvalue weighted by atomic mass is 32.1. The van der Waals surface area contributed by atoms with Crippen molar-refractivity contribution >= 4 is 78.0 Å². The van der Waals surface area contributed by atoms with Crippen molar-refractivity contribution in [1.82, 2.24) is 0 Å². The van der Waals surface area contributed by atoms with Crippen LogP contribution < -0.4 is 25.5 Å². The van der Waals surface area contributed by atoms with Gasteiger partial charge in [-0.2, -0.15) is 0 Å². The van der Waals surface area contributed by atoms with Crippen molar-refractivity contribution in [3.63, 3.8) is 0 Å². The molecule has 0 fully saturated rings. The van der Waals surface area contributed by atoms with Gasteiger partial charge in [0.15, 0.2) is 0 Å². The molecular weight excluding hydrogens is 852 g/mol. The summed E-state index contributed by atoms with van der Waals surface area (Å²) in [6.45, 7) is 46.7. The molecule has 0 radical (unpaired) electrons. The molecule has 0 bridgehead atoms. The molecule has 3 heterocycles. The molecule has 2 nitrogen and oxygen atoms in total. The molecule has 1 aromatic heterocycles. The molecular formula is C65H81BN2S. The summed E-state index contributed by atoms with van der Waals surface area (Å²) in [5.74, 6) is 0. The Labute approximate surface area is 421 Å². The molecule has 360 valence electrons. The van der Waals surface area contributed by atoms with E-state index in [1.165, 1.54) is 143 Å². The summed E-state index contributed by atoms with van der Waals surface area (Å²) in [7, 11) is 0. The zero-order valence-corrected chi connectivity index (χ0v) is 46.9. The fourth-order valence-electron chi connectivity index (χ4n) is 13.6. The predicted molar refractivity (Wildman–Crippen MR) is 304 cm³/mol. The molecule has 0 atom stereocenters. The van der Waals surface area contributed by atoms with E-state index >= 15 is 0 Å². The SMILES string of the molecule is Cc1cc2c3c(c1)N(c1ccc4c(c1)C(C)(C)CCC4(C)C)c1c(sc4cc5c(cc14)C(C)(C)CCC5(C)C)B3c1cc3c(cc1N2c1cc(C(C)(C)C)cc(C(C)(C)C)c1)C(C)(C)CCC3(C)C. The van der Waals surface area contributed by atoms with Gasteiger partial charge in [-0.1, -0.05) is 143 Å². The van der Waals surface area contributed by atoms with Gasteiger partial charge in [0, 0.05) is 43.3 Å². The van der Waals surface area contributed by atoms with Gasteiger partial charge in [0.25, 0.3) is 6.71 Å². The normalized spacial score (nSPS) is 20.9. The summed E-state index contributed by atoms with van der Waals surface area (Å²) in [5, 5.41) is 1.42. The zero-order valence-electron chi connectivity index (χ0n) is 46.1. The molecule has 6 aromatic rings. The number of thiophene rings is 1. The van der Waals surface area contributed by atoms with Gasteiger partial charge in [0.1, 0.15) is 0 Å². The van der Waals surface area contributed by atoms with Crippen molar-refractivity contribution in [3.05, 3.63) is 123 Å². The van der Waals surface area contributed by atoms with Crippen LogP contribution in [0.5, 0.6) is 0 Å². The van der Waals surface area contributed by atoms with Crippen LogP contribution in [0.2, 0.25) is 0 Å². The Morgan fingerprint density at radius 2 is 0.899 bits per heavy atom. The van der Waals surface area contributed by atoms with Crippen LogP contribution in [0.1, 0.15) is 213 Å². The molecule has 0 saturated carbocycles. The quantitative estimate of drug-likeness (QED) is 0.159. The molecule has 0 spiro atoms. The maximum absolute atomic E-state index is 2.77. The van der Waals surface area contributed by atoms with Crippen molar-refractivity contribution < 1.29 is 0 Å². The Bertz CT molecular complexity index is 3140. The molecule has 0 amide bonds. The fourth-order valence-corrected chi connectivity index (χ4v) is 14.9. The molecule has 0 unspecified atom stereocenters. The Morgan fingerprint density at radius 3 is 1.42 bits per heavy atom. The molecule has 5 aromatic carbocycles. The first kappa shape index (κ1) is 47.1. The largest absolute Gasteiger partial charge is 0.311 e. The standard InChI is InChI=1S/C65H81BN2S/c1-38-28-52-55-53(29-38)68(41-20-21-44-45(33-41)61(10,11)23-22-60(44,8)9)56-43-34-46-49(65(18,19)27-24-62(46,12)13)37-54(43)69-57(56)66(55)50-35-47-48(64(16,17)26-25-63(47,14)15)36-51(50)67(52)42-31-39(58(2,3)4)30-40(32-42)59(5,6)7/h20-21,28-37H,22-27H2,1-19H3. The van der Waals surface area contributed by atoms with E-state index in [1.54, 1.807) is 5.56 Å². The zero-order chi connectivity index (χ0) is 49.7. The molecule has 4 heteroatoms. The third-order valence-corrected chi connectivity index (χ3v) is 20.0. The molecule has 11 rings (SSSR count). The van der Waals surface area contributed by atoms with E-state index in [4.69, 9.17) is 0 Å². The van der Waals surface area contributed by atoms with Gasteiger partial charge in [-0.05, 0) is 204 Å². The first-order valence-electron chi connectivity index (χ1n) is 26.7. The van der Waals surface area contributed by atoms with E-state index in [9.17, 15) is 0 Å². The Kier molecular flexibility index (Phi) is 9.86. The number of rotatable bonds is 2. The van der Waals surface area contributed by atoms with Crippen molar-refractivity contribution in [2.24, 2.45) is 0 Å². The Hall–Kier alpha value is -4.28. The number of hydrogen-bond donors (Lipinski definition) is 0. The molecule has 0 N–H and O–H groups in total. The van der Waals surface area contributed by atoms with Crippen LogP contribution in [0.4, 0.5) is 34.1 Å². The van der Waals surface area contributed by atoms with E-state index in [0.717, 1.165) is 0 Å². The third-order valence-electron chi connectivity index (χ3n) is 18.8. The Morgan fingerprint density at radius 1 is 0.449 bits per heavy atom. The first-order valence-corrected chi connectivity index (χ1v) is 27.5. The minimum atomic E-state index is -0.0229. The lowest BCUT2D eigenvalue weighted by Crippen LogP contribution is -2.61. The second kappa shape index (κ2) is 14.4. The number of hydrogen-bond acceptors (Lipinski definition) is 3. The van der Waals surface area contributed by atoms with E-state index in [2.05, 4.69) is 225 Å². The van der Waals surface area contributed by atoms with Crippen molar-refractivity contribution in [2.45, 2.75) is 213 Å². The smallest absolute Gasteiger partial charge is 0.264 e. The maximum atomic E-state index is 2.77. The maximum Gasteiger partial charge on any atom is 0.264 e. The lowest BCUT2D eigenvalue weighted by atomic mass is 9.35. The van der Waals surface area contributed by atoms with Gasteiger partial charge in [-0.3, -0.25) is 0 Å². The minimum Gasteiger partial charge on any atom is -0.311 e. The van der Waals surface area contributed by atoms with Crippen LogP contribution in [0, 0.1) is 6.92 Å². The van der Waals surface area contributed by atoms with Gasteiger partial charge in [0.2, 0.25) is 0 Å². The highest BCUT2D eigenvalue weighted by Gasteiger charge is 2.49. The summed E-state index contributed by atoms with van der Waals surface area (Å²) in [4.78, 5) is 5.50. The molecule has 69 heavy (non-hydrogen) atoms. The van der Waals surface area contributed by atoms with Crippen LogP contribution in [-0.4, -0.2) is 6.71 Å². The summed E-state index contributed by atoms with van der Waals surface area (Å²) >= 11 is 2.09. The van der Waals surface area contributed by atoms with Crippen LogP contribution in [-0.2, 0) is 43.3 Å². The third kappa shape index (κ3) is 7.04. The molecule has 5 aliphatic rings. The molecule has 3 aliphatic carbocycles. The second-order valence-corrected chi connectivity index (χ2v) is 29.9. The Balaban J connectivity index is 1.30. The second-order valence-electron chi connectivity index (χ2n) is 28.8. The minimum absolute atomic E-state index is 0.0229. The summed E-state index contributed by atoms with van der Waals surface area (Å²) in [6, 6.07) is 31.1. The van der Waals surface area contributed by atoms with Gasteiger partial charge in [0.05, 0.1) is 5.69 Å². The summed E-state index contributed by atoms with van der Waals surface area (Å²) in [6.07, 6.45) is 7.18. The van der Waals surface area contributed by atoms with Gasteiger partial charge >= 0.3 is 0 Å². The van der Waals surface area contributed by atoms with Crippen LogP contribution >= 0.6 is 11.3 Å². The van der Waals surface area contributed by atoms with E-state index in [-0.39, 0.29) is 50.0 Å². The van der Waals surface area contributed by atoms with Crippen LogP contribution in [0.3, 0.4) is 0 Å². The van der Waals surface area contributed by atoms with Crippen LogP contribution in [0.25, 0.3) is 10.1 Å². The van der Waals surface area contributed by atoms with Crippen LogP contribution in [0.15, 0.2) is 72.8 Å². The van der Waals surface area contributed by atoms with Gasteiger partial charge in [-0.25, -0.2) is 0 Å². The summed E-state index contributed by atoms with van der Waals surface area (Å²) in [5.41, 5.74) is 24.7. The number of benzene rings is 5. The van der Waals surface area contributed by atoms with Crippen molar-refractivity contribution in [2.75, 3.05) is 9.80 Å². The van der Waals surface area contributed by atoms with Crippen molar-refractivity contribution in [3.8, 4) is 0 Å². The average molecular weight is 933 g/mol. The lowest BCUT2D eigenvalue weighted by molar-refractivity contribution is 0.332. The van der Waals surface area contributed by atoms with Crippen molar-refractivity contribution in [1.29, 1.82) is 0 Å². The monoisotopic (exact) mass is 933 g/mol. The topological polar surface area (TPSA) is 6.48 Å². The number of anilines is 6. The number of aryl methyl sites for hydroxylation is 1. The predicted octanol–water partition coefficient (Wildman–Crippen LogP) is 16.9. The first-order chi connectivity index (χ1) is 31.8. The number of fused-ring (bicyclic) bond motifs is 9. The van der Waals surface area contributed by atoms with Gasteiger partial charge < -0.3 is 9.80 Å². The number of nitrogens with zero attached hydrogens (tertiary/aromatic N) is 2. The van der Waals surface area contributed by atoms with Gasteiger partial charge in [-0.15, -0.1) is 11.3 Å². The lowest BCUT2D eigenvalue weighted by Gasteiger charge is -2.47. The highest BCUT2D eigenvalue weighted by Crippen LogP contribution is 2.56. The fraction of sp³-hybridized carbons (Fsp3) is 0.508. The molecule has 2 aliphatic heterocycles. The van der Waals surface area contributed by atoms with E-state index in [1.807, 2.05) is 0 Å². The van der Waals surface area contributed by atoms with E-state index < -0.39 is 0 Å². The highest BCUT2D eigenvalue weighted by molar-refractivity contribution is 7.33. The average Bonchev–Trinajstić information content (AvgIpc) is 3.62. The molecule has 0 saturated heterocycles.